The monoisotopic (exact) mass is 366 g/mol. The zero-order valence-corrected chi connectivity index (χ0v) is 15.0. The number of amides is 1. The van der Waals surface area contributed by atoms with Gasteiger partial charge < -0.3 is 5.32 Å². The number of aryl methyl sites for hydroxylation is 1. The van der Waals surface area contributed by atoms with Crippen LogP contribution in [0.25, 0.3) is 0 Å². The fourth-order valence-corrected chi connectivity index (χ4v) is 3.36. The molecule has 0 radical (unpaired) electrons. The molecule has 2 rings (SSSR count). The molecule has 0 spiro atoms. The van der Waals surface area contributed by atoms with E-state index in [1.165, 1.54) is 12.1 Å². The first-order chi connectivity index (χ1) is 11.3. The third kappa shape index (κ3) is 4.56. The van der Waals surface area contributed by atoms with Gasteiger partial charge in [-0.25, -0.2) is 13.1 Å². The number of halogens is 1. The zero-order chi connectivity index (χ0) is 17.7. The van der Waals surface area contributed by atoms with Crippen LogP contribution < -0.4 is 10.0 Å². The lowest BCUT2D eigenvalue weighted by Gasteiger charge is -2.11. The average molecular weight is 367 g/mol. The molecule has 0 aliphatic carbocycles. The van der Waals surface area contributed by atoms with E-state index in [9.17, 15) is 13.2 Å². The van der Waals surface area contributed by atoms with Gasteiger partial charge >= 0.3 is 0 Å². The molecule has 0 unspecified atom stereocenters. The second kappa shape index (κ2) is 7.79. The molecule has 2 aromatic carbocycles. The molecular formula is C17H19ClN2O3S. The van der Waals surface area contributed by atoms with Gasteiger partial charge in [0, 0.05) is 23.7 Å². The fraction of sp³-hybridized carbons (Fsp3) is 0.235. The maximum absolute atomic E-state index is 12.4. The highest BCUT2D eigenvalue weighted by Crippen LogP contribution is 2.16. The lowest BCUT2D eigenvalue weighted by atomic mass is 10.1. The quantitative estimate of drug-likeness (QED) is 0.825. The first-order valence-corrected chi connectivity index (χ1v) is 9.32. The summed E-state index contributed by atoms with van der Waals surface area (Å²) in [6, 6.07) is 11.6. The van der Waals surface area contributed by atoms with E-state index in [4.69, 9.17) is 11.6 Å². The minimum atomic E-state index is -3.60. The van der Waals surface area contributed by atoms with Crippen molar-refractivity contribution in [3.63, 3.8) is 0 Å². The van der Waals surface area contributed by atoms with Gasteiger partial charge in [-0.1, -0.05) is 36.7 Å². The van der Waals surface area contributed by atoms with E-state index >= 15 is 0 Å². The number of sulfonamides is 1. The molecule has 2 N–H and O–H groups in total. The number of carbonyl (C=O) groups is 1. The summed E-state index contributed by atoms with van der Waals surface area (Å²) < 4.78 is 26.6. The van der Waals surface area contributed by atoms with Crippen molar-refractivity contribution in [1.29, 1.82) is 0 Å². The summed E-state index contributed by atoms with van der Waals surface area (Å²) in [5.41, 5.74) is 1.95. The Morgan fingerprint density at radius 1 is 1.12 bits per heavy atom. The van der Waals surface area contributed by atoms with E-state index in [0.717, 1.165) is 5.56 Å². The molecule has 0 fully saturated rings. The van der Waals surface area contributed by atoms with Gasteiger partial charge in [0.1, 0.15) is 0 Å². The van der Waals surface area contributed by atoms with Crippen LogP contribution in [0.2, 0.25) is 5.02 Å². The molecule has 0 heterocycles. The molecular weight excluding hydrogens is 348 g/mol. The summed E-state index contributed by atoms with van der Waals surface area (Å²) in [7, 11) is -3.60. The van der Waals surface area contributed by atoms with Crippen LogP contribution in [-0.4, -0.2) is 20.9 Å². The lowest BCUT2D eigenvalue weighted by Crippen LogP contribution is -2.26. The van der Waals surface area contributed by atoms with Crippen molar-refractivity contribution in [2.75, 3.05) is 6.54 Å². The number of hydrogen-bond acceptors (Lipinski definition) is 3. The molecule has 0 bridgehead atoms. The Kier molecular flexibility index (Phi) is 5.99. The van der Waals surface area contributed by atoms with Crippen LogP contribution >= 0.6 is 11.6 Å². The average Bonchev–Trinajstić information content (AvgIpc) is 2.54. The zero-order valence-electron chi connectivity index (χ0n) is 13.5. The Bertz CT molecular complexity index is 833. The standard InChI is InChI=1S/C17H19ClN2O3S/c1-3-20-24(22,23)15-9-4-12(2)16(10-15)17(21)19-11-13-5-7-14(18)8-6-13/h4-10,20H,3,11H2,1-2H3,(H,19,21). The third-order valence-corrected chi connectivity index (χ3v) is 5.26. The molecule has 128 valence electrons. The van der Waals surface area contributed by atoms with Gasteiger partial charge in [-0.05, 0) is 42.3 Å². The van der Waals surface area contributed by atoms with Crippen LogP contribution in [0.5, 0.6) is 0 Å². The van der Waals surface area contributed by atoms with Crippen LogP contribution in [-0.2, 0) is 16.6 Å². The van der Waals surface area contributed by atoms with Crippen molar-refractivity contribution < 1.29 is 13.2 Å². The van der Waals surface area contributed by atoms with Gasteiger partial charge in [0.15, 0.2) is 0 Å². The lowest BCUT2D eigenvalue weighted by molar-refractivity contribution is 0.0950. The van der Waals surface area contributed by atoms with Crippen molar-refractivity contribution >= 4 is 27.5 Å². The molecule has 0 aliphatic heterocycles. The predicted octanol–water partition coefficient (Wildman–Crippen LogP) is 2.88. The van der Waals surface area contributed by atoms with E-state index in [0.29, 0.717) is 22.7 Å². The van der Waals surface area contributed by atoms with E-state index in [2.05, 4.69) is 10.0 Å². The molecule has 7 heteroatoms. The first kappa shape index (κ1) is 18.4. The normalized spacial score (nSPS) is 11.3. The molecule has 0 atom stereocenters. The van der Waals surface area contributed by atoms with Crippen molar-refractivity contribution in [1.82, 2.24) is 10.0 Å². The minimum Gasteiger partial charge on any atom is -0.348 e. The Balaban J connectivity index is 2.18. The fourth-order valence-electron chi connectivity index (χ4n) is 2.17. The molecule has 1 amide bonds. The van der Waals surface area contributed by atoms with Gasteiger partial charge in [0.2, 0.25) is 10.0 Å². The highest BCUT2D eigenvalue weighted by atomic mass is 35.5. The van der Waals surface area contributed by atoms with E-state index in [1.807, 2.05) is 12.1 Å². The summed E-state index contributed by atoms with van der Waals surface area (Å²) in [5, 5.41) is 3.42. The summed E-state index contributed by atoms with van der Waals surface area (Å²) in [6.45, 7) is 4.08. The van der Waals surface area contributed by atoms with Crippen molar-refractivity contribution in [2.24, 2.45) is 0 Å². The smallest absolute Gasteiger partial charge is 0.251 e. The molecule has 0 aromatic heterocycles. The van der Waals surface area contributed by atoms with E-state index in [1.54, 1.807) is 32.0 Å². The molecule has 0 aliphatic rings. The number of nitrogens with one attached hydrogen (secondary N) is 2. The number of hydrogen-bond donors (Lipinski definition) is 2. The van der Waals surface area contributed by atoms with Crippen molar-refractivity contribution in [2.45, 2.75) is 25.3 Å². The van der Waals surface area contributed by atoms with Crippen molar-refractivity contribution in [3.8, 4) is 0 Å². The third-order valence-electron chi connectivity index (χ3n) is 3.46. The first-order valence-electron chi connectivity index (χ1n) is 7.46. The van der Waals surface area contributed by atoms with Gasteiger partial charge in [-0.15, -0.1) is 0 Å². The van der Waals surface area contributed by atoms with Crippen LogP contribution in [0.3, 0.4) is 0 Å². The Morgan fingerprint density at radius 3 is 2.42 bits per heavy atom. The Hall–Kier alpha value is -1.89. The van der Waals surface area contributed by atoms with E-state index in [-0.39, 0.29) is 17.3 Å². The summed E-state index contributed by atoms with van der Waals surface area (Å²) in [4.78, 5) is 12.5. The predicted molar refractivity (Wildman–Crippen MR) is 94.7 cm³/mol. The van der Waals surface area contributed by atoms with Crippen LogP contribution in [0, 0.1) is 6.92 Å². The topological polar surface area (TPSA) is 75.3 Å². The molecule has 0 saturated carbocycles. The molecule has 5 nitrogen and oxygen atoms in total. The maximum atomic E-state index is 12.4. The molecule has 24 heavy (non-hydrogen) atoms. The van der Waals surface area contributed by atoms with Crippen molar-refractivity contribution in [3.05, 3.63) is 64.2 Å². The van der Waals surface area contributed by atoms with Gasteiger partial charge in [-0.2, -0.15) is 0 Å². The number of benzene rings is 2. The summed E-state index contributed by atoms with van der Waals surface area (Å²) in [5.74, 6) is -0.323. The number of rotatable bonds is 6. The van der Waals surface area contributed by atoms with Gasteiger partial charge in [0.25, 0.3) is 5.91 Å². The van der Waals surface area contributed by atoms with Crippen LogP contribution in [0.1, 0.15) is 28.4 Å². The Labute approximate surface area is 147 Å². The summed E-state index contributed by atoms with van der Waals surface area (Å²) >= 11 is 5.83. The van der Waals surface area contributed by atoms with E-state index < -0.39 is 10.0 Å². The van der Waals surface area contributed by atoms with Gasteiger partial charge in [-0.3, -0.25) is 4.79 Å². The SMILES string of the molecule is CCNS(=O)(=O)c1ccc(C)c(C(=O)NCc2ccc(Cl)cc2)c1. The molecule has 2 aromatic rings. The number of carbonyl (C=O) groups excluding carboxylic acids is 1. The highest BCUT2D eigenvalue weighted by molar-refractivity contribution is 7.89. The second-order valence-electron chi connectivity index (χ2n) is 5.29. The summed E-state index contributed by atoms with van der Waals surface area (Å²) in [6.07, 6.45) is 0. The van der Waals surface area contributed by atoms with Crippen LogP contribution in [0.15, 0.2) is 47.4 Å². The Morgan fingerprint density at radius 2 is 1.79 bits per heavy atom. The largest absolute Gasteiger partial charge is 0.348 e. The maximum Gasteiger partial charge on any atom is 0.251 e. The second-order valence-corrected chi connectivity index (χ2v) is 7.49. The minimum absolute atomic E-state index is 0.0755. The van der Waals surface area contributed by atoms with Gasteiger partial charge in [0.05, 0.1) is 4.90 Å². The molecule has 0 saturated heterocycles. The van der Waals surface area contributed by atoms with Crippen LogP contribution in [0.4, 0.5) is 0 Å². The highest BCUT2D eigenvalue weighted by Gasteiger charge is 2.17.